The van der Waals surface area contributed by atoms with Gasteiger partial charge in [0.05, 0.1) is 0 Å². The van der Waals surface area contributed by atoms with E-state index in [0.717, 1.165) is 0 Å². The van der Waals surface area contributed by atoms with Crippen LogP contribution >= 0.6 is 0 Å². The molecule has 0 aliphatic rings. The molecular formula is C10H6FNaO2S. The van der Waals surface area contributed by atoms with Crippen molar-refractivity contribution in [1.82, 2.24) is 0 Å². The predicted molar refractivity (Wildman–Crippen MR) is 51.1 cm³/mol. The average molecular weight is 232 g/mol. The van der Waals surface area contributed by atoms with Gasteiger partial charge in [-0.05, 0) is 28.6 Å². The molecule has 2 aromatic rings. The van der Waals surface area contributed by atoms with Crippen molar-refractivity contribution in [3.8, 4) is 0 Å². The third-order valence-electron chi connectivity index (χ3n) is 2.01. The first kappa shape index (κ1) is 12.8. The van der Waals surface area contributed by atoms with E-state index in [-0.39, 0.29) is 34.5 Å². The van der Waals surface area contributed by atoms with Crippen molar-refractivity contribution in [3.05, 3.63) is 42.2 Å². The van der Waals surface area contributed by atoms with Crippen LogP contribution in [0.2, 0.25) is 0 Å². The summed E-state index contributed by atoms with van der Waals surface area (Å²) in [6.45, 7) is 0. The molecule has 0 aliphatic carbocycles. The van der Waals surface area contributed by atoms with Crippen molar-refractivity contribution in [2.75, 3.05) is 0 Å². The molecule has 0 saturated heterocycles. The zero-order chi connectivity index (χ0) is 10.1. The summed E-state index contributed by atoms with van der Waals surface area (Å²) in [6.07, 6.45) is 0. The first-order valence-electron chi connectivity index (χ1n) is 3.96. The van der Waals surface area contributed by atoms with Crippen LogP contribution in [0.4, 0.5) is 4.39 Å². The SMILES string of the molecule is O=S([O-])c1cccc2c(F)cccc12.[Na+]. The van der Waals surface area contributed by atoms with E-state index in [1.807, 2.05) is 0 Å². The summed E-state index contributed by atoms with van der Waals surface area (Å²) in [7, 11) is 0. The fourth-order valence-corrected chi connectivity index (χ4v) is 1.94. The molecule has 2 nitrogen and oxygen atoms in total. The van der Waals surface area contributed by atoms with Gasteiger partial charge in [0.25, 0.3) is 0 Å². The Hall–Kier alpha value is -0.260. The van der Waals surface area contributed by atoms with Crippen LogP contribution in [-0.4, -0.2) is 8.76 Å². The van der Waals surface area contributed by atoms with E-state index >= 15 is 0 Å². The number of hydrogen-bond acceptors (Lipinski definition) is 2. The molecule has 1 atom stereocenters. The second-order valence-electron chi connectivity index (χ2n) is 2.83. The van der Waals surface area contributed by atoms with Crippen LogP contribution in [-0.2, 0) is 11.1 Å². The molecule has 0 radical (unpaired) electrons. The van der Waals surface area contributed by atoms with Gasteiger partial charge < -0.3 is 4.55 Å². The fraction of sp³-hybridized carbons (Fsp3) is 0. The normalized spacial score (nSPS) is 12.1. The first-order chi connectivity index (χ1) is 6.70. The zero-order valence-electron chi connectivity index (χ0n) is 8.07. The largest absolute Gasteiger partial charge is 1.00 e. The van der Waals surface area contributed by atoms with Gasteiger partial charge >= 0.3 is 29.6 Å². The molecule has 0 saturated carbocycles. The van der Waals surface area contributed by atoms with Crippen LogP contribution < -0.4 is 29.6 Å². The molecular weight excluding hydrogens is 226 g/mol. The Labute approximate surface area is 111 Å². The van der Waals surface area contributed by atoms with Gasteiger partial charge in [0.1, 0.15) is 5.82 Å². The van der Waals surface area contributed by atoms with E-state index in [1.165, 1.54) is 24.3 Å². The maximum atomic E-state index is 13.2. The van der Waals surface area contributed by atoms with Crippen molar-refractivity contribution in [2.45, 2.75) is 4.90 Å². The third kappa shape index (κ3) is 2.46. The maximum absolute atomic E-state index is 13.2. The predicted octanol–water partition coefficient (Wildman–Crippen LogP) is -0.779. The van der Waals surface area contributed by atoms with Crippen molar-refractivity contribution in [3.63, 3.8) is 0 Å². The molecule has 0 heterocycles. The molecule has 0 amide bonds. The summed E-state index contributed by atoms with van der Waals surface area (Å²) in [5.74, 6) is -0.408. The molecule has 0 aromatic heterocycles. The Morgan fingerprint density at radius 2 is 1.67 bits per heavy atom. The minimum atomic E-state index is -2.33. The van der Waals surface area contributed by atoms with Crippen LogP contribution in [0.5, 0.6) is 0 Å². The minimum absolute atomic E-state index is 0. The maximum Gasteiger partial charge on any atom is 1.00 e. The summed E-state index contributed by atoms with van der Waals surface area (Å²) in [5, 5.41) is 0.745. The van der Waals surface area contributed by atoms with Crippen molar-refractivity contribution in [1.29, 1.82) is 0 Å². The summed E-state index contributed by atoms with van der Waals surface area (Å²) < 4.78 is 34.8. The van der Waals surface area contributed by atoms with Crippen LogP contribution in [0.15, 0.2) is 41.3 Å². The Kier molecular flexibility index (Phi) is 4.43. The molecule has 2 rings (SSSR count). The van der Waals surface area contributed by atoms with Gasteiger partial charge in [-0.1, -0.05) is 24.3 Å². The second kappa shape index (κ2) is 5.18. The summed E-state index contributed by atoms with van der Waals surface area (Å²) >= 11 is -2.33. The Morgan fingerprint density at radius 3 is 2.33 bits per heavy atom. The van der Waals surface area contributed by atoms with Crippen molar-refractivity contribution >= 4 is 21.9 Å². The summed E-state index contributed by atoms with van der Waals surface area (Å²) in [4.78, 5) is 0.127. The number of benzene rings is 2. The van der Waals surface area contributed by atoms with E-state index in [4.69, 9.17) is 0 Å². The van der Waals surface area contributed by atoms with Gasteiger partial charge in [-0.3, -0.25) is 4.21 Å². The molecule has 2 aromatic carbocycles. The molecule has 72 valence electrons. The molecule has 0 spiro atoms. The van der Waals surface area contributed by atoms with Gasteiger partial charge in [-0.2, -0.15) is 0 Å². The number of halogens is 1. The number of hydrogen-bond donors (Lipinski definition) is 0. The molecule has 0 bridgehead atoms. The van der Waals surface area contributed by atoms with E-state index in [2.05, 4.69) is 0 Å². The Balaban J connectivity index is 0.00000112. The van der Waals surface area contributed by atoms with Crippen LogP contribution in [0, 0.1) is 5.82 Å². The fourth-order valence-electron chi connectivity index (χ4n) is 1.39. The second-order valence-corrected chi connectivity index (χ2v) is 3.74. The Bertz CT molecular complexity index is 516. The molecule has 5 heteroatoms. The number of rotatable bonds is 1. The van der Waals surface area contributed by atoms with E-state index in [1.54, 1.807) is 12.1 Å². The van der Waals surface area contributed by atoms with E-state index in [0.29, 0.717) is 10.8 Å². The first-order valence-corrected chi connectivity index (χ1v) is 5.04. The van der Waals surface area contributed by atoms with Crippen LogP contribution in [0.25, 0.3) is 10.8 Å². The van der Waals surface area contributed by atoms with E-state index in [9.17, 15) is 13.2 Å². The smallest absolute Gasteiger partial charge is 0.768 e. The van der Waals surface area contributed by atoms with Gasteiger partial charge in [0.15, 0.2) is 0 Å². The van der Waals surface area contributed by atoms with Crippen molar-refractivity contribution < 1.29 is 42.7 Å². The van der Waals surface area contributed by atoms with Gasteiger partial charge in [-0.15, -0.1) is 0 Å². The van der Waals surface area contributed by atoms with Crippen molar-refractivity contribution in [2.24, 2.45) is 0 Å². The minimum Gasteiger partial charge on any atom is -0.768 e. The van der Waals surface area contributed by atoms with Gasteiger partial charge in [0, 0.05) is 10.3 Å². The number of fused-ring (bicyclic) bond motifs is 1. The molecule has 1 unspecified atom stereocenters. The van der Waals surface area contributed by atoms with Crippen LogP contribution in [0.3, 0.4) is 0 Å². The standard InChI is InChI=1S/C10H7FO2S.Na/c11-9-5-1-4-8-7(9)3-2-6-10(8)14(12)13;/h1-6H,(H,12,13);/q;+1/p-1. The topological polar surface area (TPSA) is 40.1 Å². The quantitative estimate of drug-likeness (QED) is 0.478. The van der Waals surface area contributed by atoms with E-state index < -0.39 is 16.9 Å². The van der Waals surface area contributed by atoms with Crippen LogP contribution in [0.1, 0.15) is 0 Å². The molecule has 0 N–H and O–H groups in total. The average Bonchev–Trinajstić information content (AvgIpc) is 2.17. The molecule has 0 fully saturated rings. The molecule has 0 aliphatic heterocycles. The van der Waals surface area contributed by atoms with Gasteiger partial charge in [-0.25, -0.2) is 4.39 Å². The third-order valence-corrected chi connectivity index (χ3v) is 2.72. The zero-order valence-corrected chi connectivity index (χ0v) is 10.9. The summed E-state index contributed by atoms with van der Waals surface area (Å²) in [5.41, 5.74) is 0. The molecule has 15 heavy (non-hydrogen) atoms. The monoisotopic (exact) mass is 232 g/mol. The van der Waals surface area contributed by atoms with Gasteiger partial charge in [0.2, 0.25) is 0 Å². The Morgan fingerprint density at radius 1 is 1.07 bits per heavy atom. The summed E-state index contributed by atoms with van der Waals surface area (Å²) in [6, 6.07) is 8.92.